The van der Waals surface area contributed by atoms with Gasteiger partial charge in [0, 0.05) is 15.6 Å². The second-order valence-corrected chi connectivity index (χ2v) is 9.45. The lowest BCUT2D eigenvalue weighted by Gasteiger charge is -2.23. The molecule has 1 unspecified atom stereocenters. The predicted octanol–water partition coefficient (Wildman–Crippen LogP) is 6.24. The molecule has 0 spiro atoms. The zero-order chi connectivity index (χ0) is 24.0. The van der Waals surface area contributed by atoms with E-state index in [0.29, 0.717) is 37.6 Å². The molecule has 1 saturated heterocycles. The van der Waals surface area contributed by atoms with E-state index in [4.69, 9.17) is 27.9 Å². The Balaban J connectivity index is 1.74. The number of Topliss-reactive ketones (excluding diaryl/α,β-unsaturated/α-hetero) is 1. The standard InChI is InChI=1S/C25H16Cl2N2O4S/c1-33-17-7-3-5-14(11-17)22(30)20-21(13-4-2-6-15(26)10-13)29(24(32)23(20)31)25-28-18-9-8-16(27)12-19(18)34-25/h2-12,21,30H,1H3. The molecule has 9 heteroatoms. The maximum atomic E-state index is 13.3. The number of hydrogen-bond donors (Lipinski definition) is 1. The van der Waals surface area contributed by atoms with E-state index >= 15 is 0 Å². The van der Waals surface area contributed by atoms with Gasteiger partial charge in [0.05, 0.1) is 28.9 Å². The Bertz CT molecular complexity index is 1500. The number of hydrogen-bond acceptors (Lipinski definition) is 6. The molecule has 170 valence electrons. The van der Waals surface area contributed by atoms with E-state index in [1.54, 1.807) is 66.7 Å². The molecule has 0 bridgehead atoms. The number of thiazole rings is 1. The Hall–Kier alpha value is -3.39. The van der Waals surface area contributed by atoms with Crippen LogP contribution in [0.1, 0.15) is 17.2 Å². The summed E-state index contributed by atoms with van der Waals surface area (Å²) in [6.07, 6.45) is 0. The number of carbonyl (C=O) groups excluding carboxylic acids is 2. The van der Waals surface area contributed by atoms with Gasteiger partial charge in [-0.2, -0.15) is 0 Å². The number of rotatable bonds is 4. The number of aliphatic hydroxyl groups excluding tert-OH is 1. The van der Waals surface area contributed by atoms with Gasteiger partial charge in [0.15, 0.2) is 5.13 Å². The molecule has 4 aromatic rings. The van der Waals surface area contributed by atoms with Crippen molar-refractivity contribution in [1.82, 2.24) is 4.98 Å². The van der Waals surface area contributed by atoms with Crippen molar-refractivity contribution in [3.63, 3.8) is 0 Å². The number of ether oxygens (including phenoxy) is 1. The summed E-state index contributed by atoms with van der Waals surface area (Å²) in [7, 11) is 1.50. The number of aromatic nitrogens is 1. The number of ketones is 1. The highest BCUT2D eigenvalue weighted by Gasteiger charge is 2.48. The number of methoxy groups -OCH3 is 1. The van der Waals surface area contributed by atoms with Crippen molar-refractivity contribution in [1.29, 1.82) is 0 Å². The van der Waals surface area contributed by atoms with Crippen LogP contribution < -0.4 is 9.64 Å². The predicted molar refractivity (Wildman–Crippen MR) is 134 cm³/mol. The van der Waals surface area contributed by atoms with E-state index in [9.17, 15) is 14.7 Å². The van der Waals surface area contributed by atoms with Gasteiger partial charge in [-0.25, -0.2) is 4.98 Å². The summed E-state index contributed by atoms with van der Waals surface area (Å²) in [4.78, 5) is 32.5. The largest absolute Gasteiger partial charge is 0.507 e. The van der Waals surface area contributed by atoms with E-state index < -0.39 is 17.7 Å². The maximum Gasteiger partial charge on any atom is 0.301 e. The fourth-order valence-electron chi connectivity index (χ4n) is 3.94. The molecule has 0 aliphatic carbocycles. The van der Waals surface area contributed by atoms with Crippen molar-refractivity contribution in [2.24, 2.45) is 0 Å². The maximum absolute atomic E-state index is 13.3. The SMILES string of the molecule is COc1cccc(C(O)=C2C(=O)C(=O)N(c3nc4ccc(Cl)cc4s3)C2c2cccc(Cl)c2)c1. The molecule has 1 aromatic heterocycles. The van der Waals surface area contributed by atoms with Crippen LogP contribution in [0.2, 0.25) is 10.0 Å². The molecule has 6 nitrogen and oxygen atoms in total. The van der Waals surface area contributed by atoms with Crippen LogP contribution in [0.25, 0.3) is 16.0 Å². The Morgan fingerprint density at radius 3 is 2.56 bits per heavy atom. The molecule has 5 rings (SSSR count). The van der Waals surface area contributed by atoms with Crippen LogP contribution in [0.4, 0.5) is 5.13 Å². The number of carbonyl (C=O) groups is 2. The molecule has 1 amide bonds. The molecule has 34 heavy (non-hydrogen) atoms. The van der Waals surface area contributed by atoms with Gasteiger partial charge in [-0.3, -0.25) is 14.5 Å². The van der Waals surface area contributed by atoms with E-state index in [2.05, 4.69) is 4.98 Å². The van der Waals surface area contributed by atoms with Gasteiger partial charge in [0.25, 0.3) is 5.78 Å². The van der Waals surface area contributed by atoms with Crippen molar-refractivity contribution in [2.45, 2.75) is 6.04 Å². The van der Waals surface area contributed by atoms with Gasteiger partial charge < -0.3 is 9.84 Å². The first-order chi connectivity index (χ1) is 16.4. The molecule has 1 aliphatic heterocycles. The van der Waals surface area contributed by atoms with Crippen LogP contribution in [0, 0.1) is 0 Å². The second kappa shape index (κ2) is 8.76. The van der Waals surface area contributed by atoms with E-state index in [1.807, 2.05) is 0 Å². The van der Waals surface area contributed by atoms with Gasteiger partial charge in [0.1, 0.15) is 11.5 Å². The number of anilines is 1. The van der Waals surface area contributed by atoms with Crippen molar-refractivity contribution in [2.75, 3.05) is 12.0 Å². The average Bonchev–Trinajstić information content (AvgIpc) is 3.36. The number of fused-ring (bicyclic) bond motifs is 1. The van der Waals surface area contributed by atoms with Gasteiger partial charge in [-0.15, -0.1) is 0 Å². The Morgan fingerprint density at radius 1 is 1.03 bits per heavy atom. The summed E-state index contributed by atoms with van der Waals surface area (Å²) < 4.78 is 6.01. The third-order valence-corrected chi connectivity index (χ3v) is 6.98. The molecule has 1 atom stereocenters. The second-order valence-electron chi connectivity index (χ2n) is 7.56. The summed E-state index contributed by atoms with van der Waals surface area (Å²) in [5, 5.41) is 12.5. The number of aliphatic hydroxyl groups is 1. The summed E-state index contributed by atoms with van der Waals surface area (Å²) in [5.41, 5.74) is 1.50. The van der Waals surface area contributed by atoms with Crippen molar-refractivity contribution in [3.8, 4) is 5.75 Å². The zero-order valence-electron chi connectivity index (χ0n) is 17.7. The molecule has 1 N–H and O–H groups in total. The quantitative estimate of drug-likeness (QED) is 0.199. The van der Waals surface area contributed by atoms with Crippen LogP contribution >= 0.6 is 34.5 Å². The number of nitrogens with zero attached hydrogens (tertiary/aromatic N) is 2. The van der Waals surface area contributed by atoms with Crippen molar-refractivity contribution < 1.29 is 19.4 Å². The minimum Gasteiger partial charge on any atom is -0.507 e. The lowest BCUT2D eigenvalue weighted by atomic mass is 9.95. The average molecular weight is 511 g/mol. The Kier molecular flexibility index (Phi) is 5.77. The minimum absolute atomic E-state index is 0.0576. The van der Waals surface area contributed by atoms with Gasteiger partial charge in [-0.1, -0.05) is 58.8 Å². The van der Waals surface area contributed by atoms with Crippen molar-refractivity contribution >= 4 is 67.3 Å². The zero-order valence-corrected chi connectivity index (χ0v) is 20.0. The summed E-state index contributed by atoms with van der Waals surface area (Å²) >= 11 is 13.6. The minimum atomic E-state index is -0.930. The fraction of sp³-hybridized carbons (Fsp3) is 0.0800. The van der Waals surface area contributed by atoms with Crippen molar-refractivity contribution in [3.05, 3.63) is 93.5 Å². The lowest BCUT2D eigenvalue weighted by molar-refractivity contribution is -0.132. The molecule has 0 saturated carbocycles. The third-order valence-electron chi connectivity index (χ3n) is 5.50. The summed E-state index contributed by atoms with van der Waals surface area (Å²) in [6.45, 7) is 0. The fourth-order valence-corrected chi connectivity index (χ4v) is 5.40. The van der Waals surface area contributed by atoms with Gasteiger partial charge in [-0.05, 0) is 48.0 Å². The highest BCUT2D eigenvalue weighted by atomic mass is 35.5. The van der Waals surface area contributed by atoms with Gasteiger partial charge in [0.2, 0.25) is 0 Å². The van der Waals surface area contributed by atoms with Crippen LogP contribution in [-0.4, -0.2) is 28.9 Å². The number of amides is 1. The molecule has 0 radical (unpaired) electrons. The Labute approximate surface area is 208 Å². The number of halogens is 2. The topological polar surface area (TPSA) is 79.7 Å². The molecule has 1 aliphatic rings. The van der Waals surface area contributed by atoms with E-state index in [1.165, 1.54) is 23.3 Å². The number of benzene rings is 3. The van der Waals surface area contributed by atoms with Crippen LogP contribution in [0.15, 0.2) is 72.3 Å². The Morgan fingerprint density at radius 2 is 1.79 bits per heavy atom. The third kappa shape index (κ3) is 3.81. The highest BCUT2D eigenvalue weighted by Crippen LogP contribution is 2.45. The first-order valence-corrected chi connectivity index (χ1v) is 11.7. The molecule has 1 fully saturated rings. The van der Waals surface area contributed by atoms with Crippen LogP contribution in [-0.2, 0) is 9.59 Å². The molecular weight excluding hydrogens is 495 g/mol. The normalized spacial score (nSPS) is 17.5. The monoisotopic (exact) mass is 510 g/mol. The van der Waals surface area contributed by atoms with E-state index in [-0.39, 0.29) is 11.3 Å². The molecular formula is C25H16Cl2N2O4S. The van der Waals surface area contributed by atoms with E-state index in [0.717, 1.165) is 4.70 Å². The first kappa shape index (κ1) is 22.4. The molecule has 2 heterocycles. The van der Waals surface area contributed by atoms with Gasteiger partial charge >= 0.3 is 5.91 Å². The lowest BCUT2D eigenvalue weighted by Crippen LogP contribution is -2.29. The molecule has 3 aromatic carbocycles. The summed E-state index contributed by atoms with van der Waals surface area (Å²) in [6, 6.07) is 17.7. The smallest absolute Gasteiger partial charge is 0.301 e. The summed E-state index contributed by atoms with van der Waals surface area (Å²) in [5.74, 6) is -1.42. The van der Waals surface area contributed by atoms with Crippen LogP contribution in [0.3, 0.4) is 0 Å². The van der Waals surface area contributed by atoms with Crippen LogP contribution in [0.5, 0.6) is 5.75 Å². The first-order valence-electron chi connectivity index (χ1n) is 10.1. The highest BCUT2D eigenvalue weighted by molar-refractivity contribution is 7.22.